The minimum Gasteiger partial charge on any atom is -0.320 e. The van der Waals surface area contributed by atoms with E-state index in [0.717, 1.165) is 10.9 Å². The molecule has 0 unspecified atom stereocenters. The highest BCUT2D eigenvalue weighted by atomic mass is 32.2. The Morgan fingerprint density at radius 1 is 0.667 bits per heavy atom. The van der Waals surface area contributed by atoms with Crippen LogP contribution < -0.4 is 0 Å². The van der Waals surface area contributed by atoms with E-state index < -0.39 is 10.1 Å². The Morgan fingerprint density at radius 3 is 1.46 bits per heavy atom. The molecule has 0 aliphatic carbocycles. The van der Waals surface area contributed by atoms with Crippen LogP contribution in [0.5, 0.6) is 0 Å². The molecule has 0 aromatic heterocycles. The van der Waals surface area contributed by atoms with Gasteiger partial charge in [-0.1, -0.05) is 136 Å². The third-order valence-corrected chi connectivity index (χ3v) is 9.69. The molecule has 0 spiro atoms. The van der Waals surface area contributed by atoms with Gasteiger partial charge >= 0.3 is 0 Å². The molecule has 0 saturated heterocycles. The zero-order valence-electron chi connectivity index (χ0n) is 27.1. The first-order valence-electron chi connectivity index (χ1n) is 16.4. The lowest BCUT2D eigenvalue weighted by Crippen LogP contribution is -2.57. The highest BCUT2D eigenvalue weighted by Gasteiger charge is 2.44. The smallest absolute Gasteiger partial charge is 0.264 e. The average Bonchev–Trinajstić information content (AvgIpc) is 2.89. The number of quaternary nitrogens is 1. The fraction of sp³-hybridized carbons (Fsp3) is 0.824. The number of aryl methyl sites for hydroxylation is 1. The largest absolute Gasteiger partial charge is 0.320 e. The van der Waals surface area contributed by atoms with Gasteiger partial charge in [0.1, 0.15) is 5.54 Å². The molecule has 1 rings (SSSR count). The molecule has 0 radical (unpaired) electrons. The van der Waals surface area contributed by atoms with E-state index in [0.29, 0.717) is 6.42 Å². The molecule has 230 valence electrons. The van der Waals surface area contributed by atoms with Gasteiger partial charge in [-0.15, -0.1) is 0 Å². The van der Waals surface area contributed by atoms with E-state index in [-0.39, 0.29) is 11.3 Å². The molecule has 5 heteroatoms. The van der Waals surface area contributed by atoms with Crippen LogP contribution >= 0.6 is 0 Å². The van der Waals surface area contributed by atoms with Gasteiger partial charge in [-0.25, -0.2) is 0 Å². The number of hydrogen-bond donors (Lipinski definition) is 1. The van der Waals surface area contributed by atoms with E-state index in [1.807, 2.05) is 0 Å². The van der Waals surface area contributed by atoms with E-state index in [1.165, 1.54) is 109 Å². The molecule has 0 saturated carbocycles. The number of rotatable bonds is 22. The second-order valence-corrected chi connectivity index (χ2v) is 13.6. The summed E-state index contributed by atoms with van der Waals surface area (Å²) < 4.78 is 28.7. The van der Waals surface area contributed by atoms with Gasteiger partial charge in [0.15, 0.2) is 0 Å². The number of unbranched alkanes of at least 4 members (excludes halogenated alkanes) is 13. The molecule has 0 heterocycles. The van der Waals surface area contributed by atoms with Crippen LogP contribution in [0.25, 0.3) is 0 Å². The van der Waals surface area contributed by atoms with E-state index in [4.69, 9.17) is 4.55 Å². The summed E-state index contributed by atoms with van der Waals surface area (Å²) in [6.45, 7) is 12.4. The summed E-state index contributed by atoms with van der Waals surface area (Å²) in [6.07, 6.45) is 24.1. The number of hydrogen-bond acceptors (Lipinski definition) is 2. The number of nitrogens with zero attached hydrogens (tertiary/aromatic N) is 1. The van der Waals surface area contributed by atoms with Crippen LogP contribution in [0.15, 0.2) is 24.3 Å². The summed E-state index contributed by atoms with van der Waals surface area (Å²) in [5.41, 5.74) is 3.38. The molecule has 0 aliphatic heterocycles. The maximum atomic E-state index is 9.79. The Hall–Kier alpha value is -0.910. The van der Waals surface area contributed by atoms with Crippen LogP contribution in [0, 0.1) is 0 Å². The molecular formula is C34H66NO3S+. The van der Waals surface area contributed by atoms with Gasteiger partial charge in [-0.05, 0) is 31.2 Å². The first-order valence-corrected chi connectivity index (χ1v) is 18.0. The highest BCUT2D eigenvalue weighted by molar-refractivity contribution is 7.85. The van der Waals surface area contributed by atoms with Crippen molar-refractivity contribution < 1.29 is 17.5 Å². The summed E-state index contributed by atoms with van der Waals surface area (Å²) in [6, 6.07) is 9.23. The topological polar surface area (TPSA) is 54.4 Å². The Kier molecular flexibility index (Phi) is 21.3. The van der Waals surface area contributed by atoms with Crippen LogP contribution in [0.2, 0.25) is 0 Å². The lowest BCUT2D eigenvalue weighted by molar-refractivity contribution is -0.951. The van der Waals surface area contributed by atoms with E-state index in [2.05, 4.69) is 66.1 Å². The van der Waals surface area contributed by atoms with Crippen molar-refractivity contribution >= 4 is 10.1 Å². The van der Waals surface area contributed by atoms with Crippen LogP contribution in [0.1, 0.15) is 155 Å². The molecule has 1 aromatic rings. The highest BCUT2D eigenvalue weighted by Crippen LogP contribution is 2.41. The lowest BCUT2D eigenvalue weighted by Gasteiger charge is -2.49. The summed E-state index contributed by atoms with van der Waals surface area (Å²) in [7, 11) is 1.30. The van der Waals surface area contributed by atoms with Crippen molar-refractivity contribution in [1.82, 2.24) is 0 Å². The third kappa shape index (κ3) is 15.6. The van der Waals surface area contributed by atoms with Crippen LogP contribution in [0.4, 0.5) is 0 Å². The summed E-state index contributed by atoms with van der Waals surface area (Å²) >= 11 is 0. The van der Waals surface area contributed by atoms with E-state index in [1.54, 1.807) is 18.1 Å². The molecule has 1 N–H and O–H groups in total. The average molecular weight is 569 g/mol. The van der Waals surface area contributed by atoms with Gasteiger partial charge in [-0.3, -0.25) is 4.55 Å². The van der Waals surface area contributed by atoms with Crippen LogP contribution in [-0.2, 0) is 22.1 Å². The predicted molar refractivity (Wildman–Crippen MR) is 172 cm³/mol. The van der Waals surface area contributed by atoms with Crippen LogP contribution in [0.3, 0.4) is 0 Å². The first kappa shape index (κ1) is 38.1. The molecule has 0 fully saturated rings. The van der Waals surface area contributed by atoms with Crippen molar-refractivity contribution in [3.63, 3.8) is 0 Å². The van der Waals surface area contributed by atoms with Crippen molar-refractivity contribution in [3.05, 3.63) is 35.4 Å². The Bertz CT molecular complexity index is 815. The lowest BCUT2D eigenvalue weighted by atomic mass is 9.78. The molecule has 4 nitrogen and oxygen atoms in total. The van der Waals surface area contributed by atoms with Crippen molar-refractivity contribution in [3.8, 4) is 0 Å². The standard InChI is InChI=1S/C31H58N.C3H8O3S/c1-7-11-12-13-14-15-16-17-18-19-20-21-22-25-28-32(5,6)31(9-3,10-4)30-27-24-23-26-29(30)8-2;1-2-3-7(4,5)6/h23-24,26-27H,7-22,25,28H2,1-6H3;2-3H2,1H3,(H,4,5,6)/q+1;. The van der Waals surface area contributed by atoms with E-state index in [9.17, 15) is 8.42 Å². The fourth-order valence-corrected chi connectivity index (χ4v) is 6.79. The van der Waals surface area contributed by atoms with Gasteiger partial charge in [-0.2, -0.15) is 8.42 Å². The third-order valence-electron chi connectivity index (χ3n) is 8.76. The molecule has 0 aliphatic rings. The summed E-state index contributed by atoms with van der Waals surface area (Å²) in [4.78, 5) is 0. The van der Waals surface area contributed by atoms with Crippen molar-refractivity contribution in [1.29, 1.82) is 0 Å². The predicted octanol–water partition coefficient (Wildman–Crippen LogP) is 10.1. The first-order chi connectivity index (χ1) is 18.5. The molecule has 0 bridgehead atoms. The van der Waals surface area contributed by atoms with Crippen molar-refractivity contribution in [2.75, 3.05) is 26.4 Å². The van der Waals surface area contributed by atoms with Crippen LogP contribution in [-0.4, -0.2) is 43.8 Å². The van der Waals surface area contributed by atoms with Gasteiger partial charge in [0, 0.05) is 18.4 Å². The maximum Gasteiger partial charge on any atom is 0.264 e. The fourth-order valence-electron chi connectivity index (χ4n) is 6.27. The van der Waals surface area contributed by atoms with Gasteiger partial charge in [0.05, 0.1) is 26.4 Å². The minimum atomic E-state index is -3.67. The molecule has 0 amide bonds. The second-order valence-electron chi connectivity index (χ2n) is 12.0. The quantitative estimate of drug-likeness (QED) is 0.0860. The SMILES string of the molecule is CCCCCCCCCCCCCCCC[N+](C)(C)C(CC)(CC)c1ccccc1CC.CCCS(=O)(=O)O. The number of benzene rings is 1. The van der Waals surface area contributed by atoms with Gasteiger partial charge in [0.25, 0.3) is 10.1 Å². The maximum absolute atomic E-state index is 9.79. The Balaban J connectivity index is 0.00000181. The molecule has 39 heavy (non-hydrogen) atoms. The molecular weight excluding hydrogens is 502 g/mol. The van der Waals surface area contributed by atoms with E-state index >= 15 is 0 Å². The van der Waals surface area contributed by atoms with Gasteiger partial charge < -0.3 is 4.48 Å². The zero-order chi connectivity index (χ0) is 29.6. The van der Waals surface area contributed by atoms with Crippen molar-refractivity contribution in [2.45, 2.75) is 156 Å². The normalized spacial score (nSPS) is 12.3. The van der Waals surface area contributed by atoms with Crippen molar-refractivity contribution in [2.24, 2.45) is 0 Å². The minimum absolute atomic E-state index is 0.132. The zero-order valence-corrected chi connectivity index (χ0v) is 27.9. The summed E-state index contributed by atoms with van der Waals surface area (Å²) in [5, 5.41) is 0. The Morgan fingerprint density at radius 2 is 1.10 bits per heavy atom. The van der Waals surface area contributed by atoms with Gasteiger partial charge in [0.2, 0.25) is 0 Å². The monoisotopic (exact) mass is 568 g/mol. The molecule has 0 atom stereocenters. The Labute approximate surface area is 244 Å². The summed E-state index contributed by atoms with van der Waals surface area (Å²) in [5.74, 6) is -0.132. The second kappa shape index (κ2) is 21.8. The molecule has 1 aromatic carbocycles.